The predicted molar refractivity (Wildman–Crippen MR) is 73.1 cm³/mol. The third kappa shape index (κ3) is 5.85. The molecular weight excluding hydrogens is 232 g/mol. The number of methoxy groups -OCH3 is 1. The van der Waals surface area contributed by atoms with Crippen molar-refractivity contribution < 1.29 is 4.74 Å². The molecule has 0 unspecified atom stereocenters. The van der Waals surface area contributed by atoms with E-state index in [-0.39, 0.29) is 0 Å². The molecule has 0 atom stereocenters. The largest absolute Gasteiger partial charge is 0.385 e. The summed E-state index contributed by atoms with van der Waals surface area (Å²) in [6.45, 7) is 3.26. The Hall–Kier alpha value is -0.860. The molecule has 0 aliphatic rings. The summed E-state index contributed by atoms with van der Waals surface area (Å²) >= 11 is 1.75. The van der Waals surface area contributed by atoms with Crippen LogP contribution in [0.5, 0.6) is 0 Å². The van der Waals surface area contributed by atoms with Gasteiger partial charge in [-0.05, 0) is 19.5 Å². The second kappa shape index (κ2) is 8.26. The molecule has 1 aromatic rings. The van der Waals surface area contributed by atoms with Crippen molar-refractivity contribution in [2.45, 2.75) is 13.0 Å². The van der Waals surface area contributed by atoms with Crippen LogP contribution in [0.2, 0.25) is 0 Å². The van der Waals surface area contributed by atoms with Gasteiger partial charge in [0.15, 0.2) is 0 Å². The quantitative estimate of drug-likeness (QED) is 0.616. The second-order valence-corrected chi connectivity index (χ2v) is 4.89. The number of nitrogens with two attached hydrogens (primary N) is 1. The fourth-order valence-corrected chi connectivity index (χ4v) is 2.40. The van der Waals surface area contributed by atoms with Crippen molar-refractivity contribution in [1.29, 1.82) is 0 Å². The smallest absolute Gasteiger partial charge is 0.0555 e. The first-order valence-electron chi connectivity index (χ1n) is 5.70. The molecule has 1 aromatic heterocycles. The van der Waals surface area contributed by atoms with Crippen LogP contribution in [0.4, 0.5) is 0 Å². The van der Waals surface area contributed by atoms with Crippen molar-refractivity contribution in [3.8, 4) is 11.8 Å². The minimum Gasteiger partial charge on any atom is -0.385 e. The van der Waals surface area contributed by atoms with E-state index in [9.17, 15) is 0 Å². The summed E-state index contributed by atoms with van der Waals surface area (Å²) < 4.78 is 5.04. The van der Waals surface area contributed by atoms with E-state index in [2.05, 4.69) is 35.2 Å². The molecular formula is C13H20N2OS. The van der Waals surface area contributed by atoms with Crippen molar-refractivity contribution in [3.63, 3.8) is 0 Å². The van der Waals surface area contributed by atoms with E-state index in [4.69, 9.17) is 10.5 Å². The first kappa shape index (κ1) is 14.2. The van der Waals surface area contributed by atoms with Crippen LogP contribution in [0.15, 0.2) is 11.4 Å². The molecule has 0 aliphatic heterocycles. The summed E-state index contributed by atoms with van der Waals surface area (Å²) in [6, 6.07) is 2.14. The highest BCUT2D eigenvalue weighted by molar-refractivity contribution is 7.10. The van der Waals surface area contributed by atoms with Crippen molar-refractivity contribution in [2.24, 2.45) is 5.73 Å². The zero-order valence-electron chi connectivity index (χ0n) is 10.5. The van der Waals surface area contributed by atoms with Crippen molar-refractivity contribution in [1.82, 2.24) is 4.90 Å². The molecule has 0 saturated carbocycles. The third-order valence-corrected chi connectivity index (χ3v) is 3.22. The van der Waals surface area contributed by atoms with E-state index in [0.717, 1.165) is 31.7 Å². The molecule has 0 saturated heterocycles. The molecule has 0 aliphatic carbocycles. The number of hydrogen-bond acceptors (Lipinski definition) is 4. The first-order valence-corrected chi connectivity index (χ1v) is 6.58. The van der Waals surface area contributed by atoms with Gasteiger partial charge >= 0.3 is 0 Å². The molecule has 0 bridgehead atoms. The maximum atomic E-state index is 5.34. The van der Waals surface area contributed by atoms with Crippen LogP contribution < -0.4 is 5.73 Å². The molecule has 94 valence electrons. The molecule has 1 heterocycles. The van der Waals surface area contributed by atoms with Crippen LogP contribution in [-0.4, -0.2) is 38.8 Å². The molecule has 0 aromatic carbocycles. The maximum absolute atomic E-state index is 5.34. The Kier molecular flexibility index (Phi) is 6.90. The first-order chi connectivity index (χ1) is 8.26. The molecule has 2 N–H and O–H groups in total. The highest BCUT2D eigenvalue weighted by atomic mass is 32.1. The third-order valence-electron chi connectivity index (χ3n) is 2.30. The molecule has 0 spiro atoms. The molecule has 0 radical (unpaired) electrons. The minimum absolute atomic E-state index is 0.419. The lowest BCUT2D eigenvalue weighted by Crippen LogP contribution is -2.19. The summed E-state index contributed by atoms with van der Waals surface area (Å²) in [4.78, 5) is 3.64. The van der Waals surface area contributed by atoms with E-state index in [1.54, 1.807) is 18.4 Å². The molecule has 17 heavy (non-hydrogen) atoms. The van der Waals surface area contributed by atoms with E-state index >= 15 is 0 Å². The molecule has 0 amide bonds. The number of rotatable bonds is 6. The standard InChI is InChI=1S/C13H20N2OS/c1-15(7-4-8-16-2)10-13-9-12(11-17-13)5-3-6-14/h9,11H,4,6-8,10,14H2,1-2H3. The lowest BCUT2D eigenvalue weighted by atomic mass is 10.3. The van der Waals surface area contributed by atoms with Gasteiger partial charge in [0.05, 0.1) is 6.54 Å². The van der Waals surface area contributed by atoms with Crippen LogP contribution in [0.1, 0.15) is 16.9 Å². The Morgan fingerprint density at radius 2 is 2.35 bits per heavy atom. The van der Waals surface area contributed by atoms with Crippen molar-refractivity contribution in [3.05, 3.63) is 21.9 Å². The van der Waals surface area contributed by atoms with Gasteiger partial charge < -0.3 is 15.4 Å². The van der Waals surface area contributed by atoms with Gasteiger partial charge in [0.25, 0.3) is 0 Å². The zero-order chi connectivity index (χ0) is 12.5. The van der Waals surface area contributed by atoms with Gasteiger partial charge in [-0.1, -0.05) is 11.8 Å². The Morgan fingerprint density at radius 1 is 1.53 bits per heavy atom. The average Bonchev–Trinajstić information content (AvgIpc) is 2.74. The minimum atomic E-state index is 0.419. The molecule has 3 nitrogen and oxygen atoms in total. The molecule has 1 rings (SSSR count). The van der Waals surface area contributed by atoms with Gasteiger partial charge in [0.2, 0.25) is 0 Å². The van der Waals surface area contributed by atoms with Gasteiger partial charge in [-0.3, -0.25) is 0 Å². The average molecular weight is 252 g/mol. The lowest BCUT2D eigenvalue weighted by molar-refractivity contribution is 0.178. The van der Waals surface area contributed by atoms with Crippen LogP contribution >= 0.6 is 11.3 Å². The Labute approximate surface area is 108 Å². The zero-order valence-corrected chi connectivity index (χ0v) is 11.3. The van der Waals surface area contributed by atoms with E-state index in [1.165, 1.54) is 4.88 Å². The van der Waals surface area contributed by atoms with Crippen LogP contribution in [0.25, 0.3) is 0 Å². The van der Waals surface area contributed by atoms with Crippen molar-refractivity contribution in [2.75, 3.05) is 33.9 Å². The van der Waals surface area contributed by atoms with Gasteiger partial charge in [0.1, 0.15) is 0 Å². The maximum Gasteiger partial charge on any atom is 0.0555 e. The van der Waals surface area contributed by atoms with Crippen LogP contribution in [-0.2, 0) is 11.3 Å². The summed E-state index contributed by atoms with van der Waals surface area (Å²) in [5, 5.41) is 2.08. The number of thiophene rings is 1. The van der Waals surface area contributed by atoms with Crippen molar-refractivity contribution >= 4 is 11.3 Å². The SMILES string of the molecule is COCCCN(C)Cc1cc(C#CCN)cs1. The Bertz CT molecular complexity index is 378. The van der Waals surface area contributed by atoms with Gasteiger partial charge in [-0.15, -0.1) is 11.3 Å². The number of hydrogen-bond donors (Lipinski definition) is 1. The molecule has 4 heteroatoms. The fourth-order valence-electron chi connectivity index (χ4n) is 1.51. The summed E-state index contributed by atoms with van der Waals surface area (Å²) in [5.41, 5.74) is 6.41. The Morgan fingerprint density at radius 3 is 3.06 bits per heavy atom. The molecule has 0 fully saturated rings. The topological polar surface area (TPSA) is 38.5 Å². The summed E-state index contributed by atoms with van der Waals surface area (Å²) in [7, 11) is 3.86. The summed E-state index contributed by atoms with van der Waals surface area (Å²) in [6.07, 6.45) is 1.07. The van der Waals surface area contributed by atoms with Gasteiger partial charge in [-0.2, -0.15) is 0 Å². The summed E-state index contributed by atoms with van der Waals surface area (Å²) in [5.74, 6) is 5.91. The van der Waals surface area contributed by atoms with Crippen LogP contribution in [0.3, 0.4) is 0 Å². The fraction of sp³-hybridized carbons (Fsp3) is 0.538. The highest BCUT2D eigenvalue weighted by Crippen LogP contribution is 2.15. The monoisotopic (exact) mass is 252 g/mol. The normalized spacial score (nSPS) is 10.4. The number of ether oxygens (including phenoxy) is 1. The van der Waals surface area contributed by atoms with Gasteiger partial charge in [0, 0.05) is 42.6 Å². The van der Waals surface area contributed by atoms with E-state index in [1.807, 2.05) is 0 Å². The Balaban J connectivity index is 2.37. The van der Waals surface area contributed by atoms with E-state index < -0.39 is 0 Å². The second-order valence-electron chi connectivity index (χ2n) is 3.89. The van der Waals surface area contributed by atoms with Crippen LogP contribution in [0, 0.1) is 11.8 Å². The van der Waals surface area contributed by atoms with Gasteiger partial charge in [-0.25, -0.2) is 0 Å². The predicted octanol–water partition coefficient (Wildman–Crippen LogP) is 1.53. The lowest BCUT2D eigenvalue weighted by Gasteiger charge is -2.14. The van der Waals surface area contributed by atoms with E-state index in [0.29, 0.717) is 6.54 Å². The highest BCUT2D eigenvalue weighted by Gasteiger charge is 2.02. The number of nitrogens with zero attached hydrogens (tertiary/aromatic N) is 1.